The van der Waals surface area contributed by atoms with Gasteiger partial charge >= 0.3 is 5.97 Å². The largest absolute Gasteiger partial charge is 0.488 e. The van der Waals surface area contributed by atoms with E-state index in [9.17, 15) is 13.6 Å². The molecule has 0 saturated heterocycles. The van der Waals surface area contributed by atoms with E-state index in [1.807, 2.05) is 50.2 Å². The standard InChI is InChI=1S/C30H29F2NO3/c1-19-11-12-24(16-27(19)30(34)35-3)28-14-21(13-23-7-4-5-10-26(23)28)17-33-20(2)22-8-6-9-25(15-22)36-18-29(31)32/h4-16,20,29,33H,17-18H2,1-3H3/t20-/m1/s1. The summed E-state index contributed by atoms with van der Waals surface area (Å²) in [5.41, 5.74) is 5.41. The first-order chi connectivity index (χ1) is 17.4. The number of methoxy groups -OCH3 is 1. The monoisotopic (exact) mass is 489 g/mol. The Labute approximate surface area is 209 Å². The number of hydrogen-bond donors (Lipinski definition) is 1. The summed E-state index contributed by atoms with van der Waals surface area (Å²) in [5, 5.41) is 5.72. The maximum Gasteiger partial charge on any atom is 0.338 e. The molecule has 0 fully saturated rings. The van der Waals surface area contributed by atoms with E-state index in [1.54, 1.807) is 18.2 Å². The fourth-order valence-electron chi connectivity index (χ4n) is 4.25. The second-order valence-electron chi connectivity index (χ2n) is 8.76. The summed E-state index contributed by atoms with van der Waals surface area (Å²) in [6, 6.07) is 25.5. The molecule has 0 saturated carbocycles. The highest BCUT2D eigenvalue weighted by Crippen LogP contribution is 2.32. The lowest BCUT2D eigenvalue weighted by atomic mass is 9.93. The van der Waals surface area contributed by atoms with E-state index in [4.69, 9.17) is 9.47 Å². The Morgan fingerprint density at radius 2 is 1.78 bits per heavy atom. The highest BCUT2D eigenvalue weighted by atomic mass is 19.3. The molecule has 36 heavy (non-hydrogen) atoms. The number of fused-ring (bicyclic) bond motifs is 1. The minimum absolute atomic E-state index is 0.0275. The molecule has 1 N–H and O–H groups in total. The summed E-state index contributed by atoms with van der Waals surface area (Å²) < 4.78 is 35.1. The molecule has 0 aromatic heterocycles. The highest BCUT2D eigenvalue weighted by molar-refractivity contribution is 5.99. The Morgan fingerprint density at radius 3 is 2.56 bits per heavy atom. The predicted molar refractivity (Wildman–Crippen MR) is 139 cm³/mol. The first kappa shape index (κ1) is 25.3. The molecule has 1 atom stereocenters. The Hall–Kier alpha value is -3.77. The minimum atomic E-state index is -2.51. The summed E-state index contributed by atoms with van der Waals surface area (Å²) in [7, 11) is 1.39. The van der Waals surface area contributed by atoms with Gasteiger partial charge in [0, 0.05) is 12.6 Å². The van der Waals surface area contributed by atoms with Crippen LogP contribution in [0.5, 0.6) is 5.75 Å². The van der Waals surface area contributed by atoms with Gasteiger partial charge in [0.1, 0.15) is 12.4 Å². The smallest absolute Gasteiger partial charge is 0.338 e. The molecule has 0 aliphatic rings. The van der Waals surface area contributed by atoms with Crippen molar-refractivity contribution < 1.29 is 23.0 Å². The summed E-state index contributed by atoms with van der Waals surface area (Å²) in [6.07, 6.45) is -2.51. The van der Waals surface area contributed by atoms with Gasteiger partial charge in [-0.25, -0.2) is 13.6 Å². The van der Waals surface area contributed by atoms with Crippen molar-refractivity contribution in [2.24, 2.45) is 0 Å². The lowest BCUT2D eigenvalue weighted by Gasteiger charge is -2.17. The average molecular weight is 490 g/mol. The number of nitrogens with one attached hydrogen (secondary N) is 1. The van der Waals surface area contributed by atoms with Crippen molar-refractivity contribution in [1.82, 2.24) is 5.32 Å². The Morgan fingerprint density at radius 1 is 0.972 bits per heavy atom. The third kappa shape index (κ3) is 5.89. The zero-order valence-electron chi connectivity index (χ0n) is 20.6. The van der Waals surface area contributed by atoms with Crippen LogP contribution in [0.4, 0.5) is 8.78 Å². The topological polar surface area (TPSA) is 47.6 Å². The molecular formula is C30H29F2NO3. The maximum absolute atomic E-state index is 12.5. The minimum Gasteiger partial charge on any atom is -0.488 e. The molecular weight excluding hydrogens is 460 g/mol. The van der Waals surface area contributed by atoms with E-state index in [2.05, 4.69) is 29.6 Å². The van der Waals surface area contributed by atoms with Gasteiger partial charge in [-0.05, 0) is 82.8 Å². The number of halogens is 2. The summed E-state index contributed by atoms with van der Waals surface area (Å²) >= 11 is 0. The van der Waals surface area contributed by atoms with Crippen LogP contribution in [0.25, 0.3) is 21.9 Å². The molecule has 6 heteroatoms. The number of esters is 1. The number of carbonyl (C=O) groups excluding carboxylic acids is 1. The zero-order chi connectivity index (χ0) is 25.7. The van der Waals surface area contributed by atoms with E-state index in [1.165, 1.54) is 7.11 Å². The zero-order valence-corrected chi connectivity index (χ0v) is 20.6. The van der Waals surface area contributed by atoms with Crippen molar-refractivity contribution in [2.75, 3.05) is 13.7 Å². The van der Waals surface area contributed by atoms with E-state index in [-0.39, 0.29) is 12.0 Å². The predicted octanol–water partition coefficient (Wildman–Crippen LogP) is 7.10. The molecule has 0 radical (unpaired) electrons. The third-order valence-corrected chi connectivity index (χ3v) is 6.22. The molecule has 4 rings (SSSR count). The van der Waals surface area contributed by atoms with Crippen molar-refractivity contribution in [1.29, 1.82) is 0 Å². The second-order valence-corrected chi connectivity index (χ2v) is 8.76. The fourth-order valence-corrected chi connectivity index (χ4v) is 4.25. The second kappa shape index (κ2) is 11.3. The molecule has 0 bridgehead atoms. The van der Waals surface area contributed by atoms with Crippen molar-refractivity contribution in [3.05, 3.63) is 101 Å². The van der Waals surface area contributed by atoms with Gasteiger partial charge in [-0.3, -0.25) is 0 Å². The quantitative estimate of drug-likeness (QED) is 0.255. The van der Waals surface area contributed by atoms with Crippen LogP contribution in [-0.4, -0.2) is 26.1 Å². The molecule has 0 aliphatic heterocycles. The molecule has 0 amide bonds. The van der Waals surface area contributed by atoms with Crippen molar-refractivity contribution in [2.45, 2.75) is 32.9 Å². The molecule has 0 spiro atoms. The van der Waals surface area contributed by atoms with Crippen LogP contribution < -0.4 is 10.1 Å². The number of alkyl halides is 2. The van der Waals surface area contributed by atoms with Gasteiger partial charge < -0.3 is 14.8 Å². The van der Waals surface area contributed by atoms with Gasteiger partial charge in [0.05, 0.1) is 12.7 Å². The van der Waals surface area contributed by atoms with Crippen LogP contribution in [-0.2, 0) is 11.3 Å². The Balaban J connectivity index is 1.61. The van der Waals surface area contributed by atoms with Gasteiger partial charge in [-0.1, -0.05) is 48.5 Å². The van der Waals surface area contributed by atoms with Crippen molar-refractivity contribution in [3.8, 4) is 16.9 Å². The molecule has 0 aliphatic carbocycles. The van der Waals surface area contributed by atoms with E-state index in [0.29, 0.717) is 17.9 Å². The number of benzene rings is 4. The summed E-state index contributed by atoms with van der Waals surface area (Å²) in [4.78, 5) is 12.3. The van der Waals surface area contributed by atoms with E-state index >= 15 is 0 Å². The third-order valence-electron chi connectivity index (χ3n) is 6.22. The SMILES string of the molecule is COC(=O)c1cc(-c2cc(CN[C@H](C)c3cccc(OCC(F)F)c3)cc3ccccc23)ccc1C. The van der Waals surface area contributed by atoms with Crippen molar-refractivity contribution >= 4 is 16.7 Å². The van der Waals surface area contributed by atoms with E-state index in [0.717, 1.165) is 38.6 Å². The van der Waals surface area contributed by atoms with Gasteiger partial charge in [0.15, 0.2) is 0 Å². The van der Waals surface area contributed by atoms with Crippen LogP contribution >= 0.6 is 0 Å². The Bertz CT molecular complexity index is 1370. The summed E-state index contributed by atoms with van der Waals surface area (Å²) in [5.74, 6) is 0.0697. The Kier molecular flexibility index (Phi) is 7.96. The number of carbonyl (C=O) groups is 1. The van der Waals surface area contributed by atoms with Crippen LogP contribution in [0, 0.1) is 6.92 Å². The maximum atomic E-state index is 12.5. The molecule has 0 unspecified atom stereocenters. The van der Waals surface area contributed by atoms with E-state index < -0.39 is 13.0 Å². The molecule has 4 nitrogen and oxygen atoms in total. The fraction of sp³-hybridized carbons (Fsp3) is 0.233. The molecule has 4 aromatic carbocycles. The first-order valence-electron chi connectivity index (χ1n) is 11.8. The van der Waals surface area contributed by atoms with Gasteiger partial charge in [-0.2, -0.15) is 0 Å². The van der Waals surface area contributed by atoms with Crippen LogP contribution in [0.1, 0.15) is 40.0 Å². The van der Waals surface area contributed by atoms with Crippen LogP contribution in [0.2, 0.25) is 0 Å². The number of hydrogen-bond acceptors (Lipinski definition) is 4. The number of aryl methyl sites for hydroxylation is 1. The first-order valence-corrected chi connectivity index (χ1v) is 11.8. The number of ether oxygens (including phenoxy) is 2. The van der Waals surface area contributed by atoms with Crippen LogP contribution in [0.3, 0.4) is 0 Å². The normalized spacial score (nSPS) is 12.1. The summed E-state index contributed by atoms with van der Waals surface area (Å²) in [6.45, 7) is 3.89. The molecule has 4 aromatic rings. The average Bonchev–Trinajstić information content (AvgIpc) is 2.90. The van der Waals surface area contributed by atoms with Gasteiger partial charge in [0.2, 0.25) is 0 Å². The molecule has 0 heterocycles. The molecule has 186 valence electrons. The van der Waals surface area contributed by atoms with Crippen molar-refractivity contribution in [3.63, 3.8) is 0 Å². The number of rotatable bonds is 9. The lowest BCUT2D eigenvalue weighted by molar-refractivity contribution is 0.0600. The highest BCUT2D eigenvalue weighted by Gasteiger charge is 2.14. The van der Waals surface area contributed by atoms with Gasteiger partial charge in [-0.15, -0.1) is 0 Å². The van der Waals surface area contributed by atoms with Gasteiger partial charge in [0.25, 0.3) is 6.43 Å². The lowest BCUT2D eigenvalue weighted by Crippen LogP contribution is -2.18. The van der Waals surface area contributed by atoms with Crippen LogP contribution in [0.15, 0.2) is 78.9 Å².